The van der Waals surface area contributed by atoms with Crippen LogP contribution in [0.4, 0.5) is 0 Å². The zero-order valence-electron chi connectivity index (χ0n) is 15.2. The lowest BCUT2D eigenvalue weighted by Crippen LogP contribution is -2.67. The maximum Gasteiger partial charge on any atom is 0.376 e. The normalized spacial score (nSPS) is 30.5. The minimum atomic E-state index is -2.03. The third-order valence-corrected chi connectivity index (χ3v) is 6.24. The molecule has 0 bridgehead atoms. The summed E-state index contributed by atoms with van der Waals surface area (Å²) in [5.41, 5.74) is -0.168. The molecule has 2 aromatic carbocycles. The summed E-state index contributed by atoms with van der Waals surface area (Å²) in [6.45, 7) is 6.34. The molecule has 2 fully saturated rings. The summed E-state index contributed by atoms with van der Waals surface area (Å²) in [5.74, 6) is -1.70. The SMILES string of the molecule is C[Si](C)(C)O[C@]1(c2ccccc2)C[C@@H]2C(=O)C(=O)O[C@@]21c1ccccc1. The van der Waals surface area contributed by atoms with Gasteiger partial charge in [-0.3, -0.25) is 4.79 Å². The Hall–Kier alpha value is -2.24. The standard InChI is InChI=1S/C21H22O4Si/c1-26(2,3)25-20(15-10-6-4-7-11-15)14-17-18(22)19(23)24-21(17,20)16-12-8-5-9-13-16/h4-13,17H,14H2,1-3H3/t17-,20+,21+/m1/s1. The first-order valence-corrected chi connectivity index (χ1v) is 12.3. The third kappa shape index (κ3) is 2.24. The molecule has 4 rings (SSSR count). The minimum absolute atomic E-state index is 0.445. The number of ketones is 1. The Morgan fingerprint density at radius 3 is 1.96 bits per heavy atom. The number of rotatable bonds is 4. The van der Waals surface area contributed by atoms with E-state index in [4.69, 9.17) is 9.16 Å². The van der Waals surface area contributed by atoms with E-state index < -0.39 is 37.2 Å². The zero-order valence-corrected chi connectivity index (χ0v) is 16.2. The lowest BCUT2D eigenvalue weighted by atomic mass is 9.52. The Labute approximate surface area is 154 Å². The fourth-order valence-electron chi connectivity index (χ4n) is 4.42. The number of Topliss-reactive ketones (excluding diaryl/α,β-unsaturated/α-hetero) is 1. The van der Waals surface area contributed by atoms with Crippen molar-refractivity contribution in [3.05, 3.63) is 71.8 Å². The molecule has 26 heavy (non-hydrogen) atoms. The highest BCUT2D eigenvalue weighted by atomic mass is 28.4. The van der Waals surface area contributed by atoms with E-state index in [0.29, 0.717) is 6.42 Å². The first kappa shape index (κ1) is 17.2. The number of benzene rings is 2. The quantitative estimate of drug-likeness (QED) is 0.469. The van der Waals surface area contributed by atoms with E-state index in [9.17, 15) is 9.59 Å². The number of fused-ring (bicyclic) bond motifs is 1. The van der Waals surface area contributed by atoms with Crippen LogP contribution in [-0.2, 0) is 30.0 Å². The summed E-state index contributed by atoms with van der Waals surface area (Å²) in [6.07, 6.45) is 0.459. The number of hydrogen-bond donors (Lipinski definition) is 0. The van der Waals surface area contributed by atoms with Crippen LogP contribution < -0.4 is 0 Å². The number of carbonyl (C=O) groups is 2. The van der Waals surface area contributed by atoms with E-state index in [1.54, 1.807) is 0 Å². The van der Waals surface area contributed by atoms with Crippen LogP contribution in [0.5, 0.6) is 0 Å². The summed E-state index contributed by atoms with van der Waals surface area (Å²) in [7, 11) is -2.03. The van der Waals surface area contributed by atoms with Crippen LogP contribution in [0.25, 0.3) is 0 Å². The molecule has 1 aliphatic carbocycles. The number of esters is 1. The van der Waals surface area contributed by atoms with Gasteiger partial charge in [-0.05, 0) is 37.2 Å². The molecule has 5 heteroatoms. The lowest BCUT2D eigenvalue weighted by Gasteiger charge is -2.60. The van der Waals surface area contributed by atoms with Gasteiger partial charge in [-0.25, -0.2) is 4.79 Å². The second-order valence-corrected chi connectivity index (χ2v) is 12.4. The molecular weight excluding hydrogens is 344 g/mol. The van der Waals surface area contributed by atoms with Gasteiger partial charge in [0, 0.05) is 0 Å². The second kappa shape index (κ2) is 5.63. The topological polar surface area (TPSA) is 52.6 Å². The molecule has 0 unspecified atom stereocenters. The molecular formula is C21H22O4Si. The highest BCUT2D eigenvalue weighted by molar-refractivity contribution is 6.69. The summed E-state index contributed by atoms with van der Waals surface area (Å²) in [5, 5.41) is 0. The Kier molecular flexibility index (Phi) is 3.72. The van der Waals surface area contributed by atoms with E-state index >= 15 is 0 Å². The average Bonchev–Trinajstić information content (AvgIpc) is 2.82. The van der Waals surface area contributed by atoms with Crippen molar-refractivity contribution in [3.8, 4) is 0 Å². The van der Waals surface area contributed by atoms with Gasteiger partial charge in [0.2, 0.25) is 5.78 Å². The van der Waals surface area contributed by atoms with Crippen molar-refractivity contribution < 1.29 is 18.8 Å². The van der Waals surface area contributed by atoms with Crippen LogP contribution in [-0.4, -0.2) is 20.1 Å². The van der Waals surface area contributed by atoms with Crippen molar-refractivity contribution in [2.45, 2.75) is 37.3 Å². The maximum absolute atomic E-state index is 12.5. The van der Waals surface area contributed by atoms with Gasteiger partial charge < -0.3 is 9.16 Å². The highest BCUT2D eigenvalue weighted by Crippen LogP contribution is 2.67. The molecule has 1 aliphatic heterocycles. The van der Waals surface area contributed by atoms with Crippen LogP contribution in [0.1, 0.15) is 17.5 Å². The highest BCUT2D eigenvalue weighted by Gasteiger charge is 2.78. The van der Waals surface area contributed by atoms with Crippen LogP contribution in [0.3, 0.4) is 0 Å². The molecule has 1 heterocycles. The van der Waals surface area contributed by atoms with Gasteiger partial charge in [-0.1, -0.05) is 60.7 Å². The summed E-state index contributed by atoms with van der Waals surface area (Å²) < 4.78 is 12.6. The molecule has 3 atom stereocenters. The Morgan fingerprint density at radius 1 is 0.923 bits per heavy atom. The minimum Gasteiger partial charge on any atom is -0.444 e. The summed E-state index contributed by atoms with van der Waals surface area (Å²) in [6, 6.07) is 19.4. The maximum atomic E-state index is 12.5. The molecule has 0 N–H and O–H groups in total. The fourth-order valence-corrected chi connectivity index (χ4v) is 5.82. The van der Waals surface area contributed by atoms with Crippen molar-refractivity contribution in [1.29, 1.82) is 0 Å². The number of hydrogen-bond acceptors (Lipinski definition) is 4. The average molecular weight is 366 g/mol. The van der Waals surface area contributed by atoms with E-state index in [-0.39, 0.29) is 0 Å². The Bertz CT molecular complexity index is 859. The smallest absolute Gasteiger partial charge is 0.376 e. The molecule has 2 aliphatic rings. The third-order valence-electron chi connectivity index (χ3n) is 5.28. The zero-order chi connectivity index (χ0) is 18.6. The van der Waals surface area contributed by atoms with Gasteiger partial charge in [0.1, 0.15) is 5.60 Å². The van der Waals surface area contributed by atoms with Crippen molar-refractivity contribution in [2.24, 2.45) is 5.92 Å². The lowest BCUT2D eigenvalue weighted by molar-refractivity contribution is -0.248. The molecule has 0 amide bonds. The van der Waals surface area contributed by atoms with Gasteiger partial charge in [-0.15, -0.1) is 0 Å². The van der Waals surface area contributed by atoms with Crippen molar-refractivity contribution in [3.63, 3.8) is 0 Å². The van der Waals surface area contributed by atoms with Crippen molar-refractivity contribution in [2.75, 3.05) is 0 Å². The van der Waals surface area contributed by atoms with Crippen LogP contribution in [0.2, 0.25) is 19.6 Å². The van der Waals surface area contributed by atoms with Gasteiger partial charge in [0.05, 0.1) is 5.92 Å². The Morgan fingerprint density at radius 2 is 1.46 bits per heavy atom. The molecule has 0 spiro atoms. The molecule has 4 nitrogen and oxygen atoms in total. The van der Waals surface area contributed by atoms with Crippen LogP contribution in [0, 0.1) is 5.92 Å². The molecule has 1 saturated carbocycles. The summed E-state index contributed by atoms with van der Waals surface area (Å²) >= 11 is 0. The molecule has 1 saturated heterocycles. The van der Waals surface area contributed by atoms with Crippen molar-refractivity contribution in [1.82, 2.24) is 0 Å². The molecule has 2 aromatic rings. The second-order valence-electron chi connectivity index (χ2n) is 8.02. The van der Waals surface area contributed by atoms with Gasteiger partial charge in [-0.2, -0.15) is 0 Å². The predicted octanol–water partition coefficient (Wildman–Crippen LogP) is 3.77. The van der Waals surface area contributed by atoms with E-state index in [2.05, 4.69) is 19.6 Å². The Balaban J connectivity index is 1.97. The van der Waals surface area contributed by atoms with Gasteiger partial charge in [0.15, 0.2) is 13.9 Å². The predicted molar refractivity (Wildman–Crippen MR) is 99.9 cm³/mol. The first-order chi connectivity index (χ1) is 12.3. The van der Waals surface area contributed by atoms with Crippen LogP contribution in [0.15, 0.2) is 60.7 Å². The largest absolute Gasteiger partial charge is 0.444 e. The molecule has 134 valence electrons. The van der Waals surface area contributed by atoms with E-state index in [1.165, 1.54) is 0 Å². The molecule has 0 aromatic heterocycles. The number of carbonyl (C=O) groups excluding carboxylic acids is 2. The summed E-state index contributed by atoms with van der Waals surface area (Å²) in [4.78, 5) is 24.8. The van der Waals surface area contributed by atoms with E-state index in [1.807, 2.05) is 60.7 Å². The molecule has 0 radical (unpaired) electrons. The van der Waals surface area contributed by atoms with Gasteiger partial charge >= 0.3 is 5.97 Å². The van der Waals surface area contributed by atoms with E-state index in [0.717, 1.165) is 11.1 Å². The van der Waals surface area contributed by atoms with Crippen molar-refractivity contribution >= 4 is 20.1 Å². The first-order valence-electron chi connectivity index (χ1n) is 8.89. The van der Waals surface area contributed by atoms with Crippen LogP contribution >= 0.6 is 0 Å². The number of ether oxygens (including phenoxy) is 1. The fraction of sp³-hybridized carbons (Fsp3) is 0.333. The monoisotopic (exact) mass is 366 g/mol. The van der Waals surface area contributed by atoms with Gasteiger partial charge in [0.25, 0.3) is 0 Å².